The summed E-state index contributed by atoms with van der Waals surface area (Å²) in [5.74, 6) is -0.404. The number of hydrogen-bond donors (Lipinski definition) is 1. The maximum atomic E-state index is 11.8. The van der Waals surface area contributed by atoms with Crippen molar-refractivity contribution in [3.05, 3.63) is 33.8 Å². The Hall–Kier alpha value is -1.24. The molecule has 1 aliphatic heterocycles. The Morgan fingerprint density at radius 3 is 2.65 bits per heavy atom. The average Bonchev–Trinajstić information content (AvgIpc) is 2.73. The minimum absolute atomic E-state index is 0.164. The van der Waals surface area contributed by atoms with Gasteiger partial charge in [0, 0.05) is 18.7 Å². The lowest BCUT2D eigenvalue weighted by Crippen LogP contribution is -2.37. The second-order valence-electron chi connectivity index (χ2n) is 3.98. The van der Waals surface area contributed by atoms with Crippen LogP contribution in [0.25, 0.3) is 0 Å². The Balaban J connectivity index is 1.87. The number of carbonyl (C=O) groups is 3. The summed E-state index contributed by atoms with van der Waals surface area (Å²) < 4.78 is 0. The van der Waals surface area contributed by atoms with E-state index in [9.17, 15) is 14.4 Å². The van der Waals surface area contributed by atoms with Crippen LogP contribution in [-0.4, -0.2) is 40.8 Å². The van der Waals surface area contributed by atoms with E-state index in [4.69, 9.17) is 23.2 Å². The number of halogens is 2. The molecule has 1 aromatic carbocycles. The maximum Gasteiger partial charge on any atom is 0.288 e. The fraction of sp³-hybridized carbons (Fsp3) is 0.250. The molecule has 3 amide bonds. The molecule has 5 nitrogen and oxygen atoms in total. The molecule has 106 valence electrons. The Morgan fingerprint density at radius 2 is 2.05 bits per heavy atom. The number of hydrogen-bond acceptors (Lipinski definition) is 4. The maximum absolute atomic E-state index is 11.8. The third-order valence-electron chi connectivity index (χ3n) is 2.64. The molecule has 1 saturated heterocycles. The highest BCUT2D eigenvalue weighted by Gasteiger charge is 2.29. The standard InChI is InChI=1S/C12H10Cl2N2O3S/c13-8-2-1-7(5-9(8)14)11(18)15-3-4-16-10(17)6-20-12(16)19/h1-2,5H,3-4,6H2,(H,15,18). The van der Waals surface area contributed by atoms with Crippen molar-refractivity contribution in [3.8, 4) is 0 Å². The summed E-state index contributed by atoms with van der Waals surface area (Å²) in [4.78, 5) is 35.7. The first-order valence-electron chi connectivity index (χ1n) is 5.69. The first kappa shape index (κ1) is 15.2. The van der Waals surface area contributed by atoms with Gasteiger partial charge in [-0.05, 0) is 18.2 Å². The van der Waals surface area contributed by atoms with E-state index in [2.05, 4.69) is 5.32 Å². The molecule has 0 atom stereocenters. The van der Waals surface area contributed by atoms with Gasteiger partial charge in [-0.25, -0.2) is 0 Å². The summed E-state index contributed by atoms with van der Waals surface area (Å²) in [5.41, 5.74) is 0.368. The van der Waals surface area contributed by atoms with Crippen molar-refractivity contribution in [2.45, 2.75) is 0 Å². The molecule has 0 saturated carbocycles. The third kappa shape index (κ3) is 3.45. The summed E-state index contributed by atoms with van der Waals surface area (Å²) in [7, 11) is 0. The largest absolute Gasteiger partial charge is 0.350 e. The highest BCUT2D eigenvalue weighted by atomic mass is 35.5. The van der Waals surface area contributed by atoms with E-state index in [1.54, 1.807) is 6.07 Å². The number of amides is 3. The third-order valence-corrected chi connectivity index (χ3v) is 4.24. The molecule has 2 rings (SSSR count). The highest BCUT2D eigenvalue weighted by Crippen LogP contribution is 2.22. The Kier molecular flexibility index (Phi) is 4.91. The van der Waals surface area contributed by atoms with E-state index in [1.807, 2.05) is 0 Å². The normalized spacial score (nSPS) is 14.8. The predicted molar refractivity (Wildman–Crippen MR) is 78.4 cm³/mol. The van der Waals surface area contributed by atoms with E-state index in [1.165, 1.54) is 12.1 Å². The summed E-state index contributed by atoms with van der Waals surface area (Å²) in [6.45, 7) is 0.356. The fourth-order valence-corrected chi connectivity index (χ4v) is 2.67. The molecule has 1 heterocycles. The number of nitrogens with zero attached hydrogens (tertiary/aromatic N) is 1. The second-order valence-corrected chi connectivity index (χ2v) is 5.73. The van der Waals surface area contributed by atoms with Crippen LogP contribution in [0.1, 0.15) is 10.4 Å². The molecule has 0 spiro atoms. The van der Waals surface area contributed by atoms with E-state index in [0.29, 0.717) is 15.6 Å². The van der Waals surface area contributed by atoms with Gasteiger partial charge >= 0.3 is 0 Å². The minimum atomic E-state index is -0.338. The quantitative estimate of drug-likeness (QED) is 0.919. The zero-order chi connectivity index (χ0) is 14.7. The van der Waals surface area contributed by atoms with Crippen LogP contribution in [0.4, 0.5) is 4.79 Å². The van der Waals surface area contributed by atoms with Crippen molar-refractivity contribution >= 4 is 52.0 Å². The van der Waals surface area contributed by atoms with E-state index < -0.39 is 0 Å². The van der Waals surface area contributed by atoms with Crippen LogP contribution in [-0.2, 0) is 4.79 Å². The van der Waals surface area contributed by atoms with Crippen LogP contribution in [0.3, 0.4) is 0 Å². The van der Waals surface area contributed by atoms with Crippen LogP contribution in [0.15, 0.2) is 18.2 Å². The van der Waals surface area contributed by atoms with Gasteiger partial charge in [-0.3, -0.25) is 19.3 Å². The molecule has 1 N–H and O–H groups in total. The smallest absolute Gasteiger partial charge is 0.288 e. The molecule has 0 aliphatic carbocycles. The van der Waals surface area contributed by atoms with Gasteiger partial charge in [0.25, 0.3) is 11.1 Å². The summed E-state index contributed by atoms with van der Waals surface area (Å²) in [6.07, 6.45) is 0. The molecule has 0 bridgehead atoms. The van der Waals surface area contributed by atoms with Crippen LogP contribution in [0.5, 0.6) is 0 Å². The lowest BCUT2D eigenvalue weighted by Gasteiger charge is -2.13. The van der Waals surface area contributed by atoms with Crippen molar-refractivity contribution in [2.75, 3.05) is 18.8 Å². The van der Waals surface area contributed by atoms with Crippen LogP contribution >= 0.6 is 35.0 Å². The molecule has 0 unspecified atom stereocenters. The minimum Gasteiger partial charge on any atom is -0.350 e. The fourth-order valence-electron chi connectivity index (χ4n) is 1.62. The number of nitrogens with one attached hydrogen (secondary N) is 1. The topological polar surface area (TPSA) is 66.5 Å². The number of benzene rings is 1. The summed E-state index contributed by atoms with van der Waals surface area (Å²) in [6, 6.07) is 4.54. The zero-order valence-corrected chi connectivity index (χ0v) is 12.5. The Labute approximate surface area is 129 Å². The molecular weight excluding hydrogens is 323 g/mol. The van der Waals surface area contributed by atoms with Crippen LogP contribution < -0.4 is 5.32 Å². The van der Waals surface area contributed by atoms with Gasteiger partial charge in [0.05, 0.1) is 15.8 Å². The lowest BCUT2D eigenvalue weighted by atomic mass is 10.2. The number of carbonyl (C=O) groups excluding carboxylic acids is 3. The van der Waals surface area contributed by atoms with E-state index in [-0.39, 0.29) is 35.9 Å². The van der Waals surface area contributed by atoms with Gasteiger partial charge in [0.1, 0.15) is 0 Å². The van der Waals surface area contributed by atoms with E-state index in [0.717, 1.165) is 16.7 Å². The molecule has 1 aliphatic rings. The lowest BCUT2D eigenvalue weighted by molar-refractivity contribution is -0.124. The Morgan fingerprint density at radius 1 is 1.30 bits per heavy atom. The highest BCUT2D eigenvalue weighted by molar-refractivity contribution is 8.14. The number of imide groups is 1. The van der Waals surface area contributed by atoms with Crippen molar-refractivity contribution in [1.29, 1.82) is 0 Å². The van der Waals surface area contributed by atoms with Crippen molar-refractivity contribution in [3.63, 3.8) is 0 Å². The average molecular weight is 333 g/mol. The molecule has 0 aromatic heterocycles. The Bertz CT molecular complexity index is 564. The zero-order valence-electron chi connectivity index (χ0n) is 10.2. The molecular formula is C12H10Cl2N2O3S. The molecule has 0 radical (unpaired) electrons. The molecule has 20 heavy (non-hydrogen) atoms. The van der Waals surface area contributed by atoms with Crippen molar-refractivity contribution < 1.29 is 14.4 Å². The molecule has 8 heteroatoms. The second kappa shape index (κ2) is 6.47. The van der Waals surface area contributed by atoms with Crippen molar-refractivity contribution in [2.24, 2.45) is 0 Å². The van der Waals surface area contributed by atoms with Gasteiger partial charge in [-0.2, -0.15) is 0 Å². The first-order valence-corrected chi connectivity index (χ1v) is 7.43. The van der Waals surface area contributed by atoms with E-state index >= 15 is 0 Å². The monoisotopic (exact) mass is 332 g/mol. The first-order chi connectivity index (χ1) is 9.49. The van der Waals surface area contributed by atoms with Crippen LogP contribution in [0.2, 0.25) is 10.0 Å². The molecule has 1 fully saturated rings. The molecule has 1 aromatic rings. The number of thioether (sulfide) groups is 1. The van der Waals surface area contributed by atoms with Gasteiger partial charge in [-0.15, -0.1) is 0 Å². The summed E-state index contributed by atoms with van der Waals surface area (Å²) in [5, 5.41) is 3.00. The van der Waals surface area contributed by atoms with Gasteiger partial charge in [0.15, 0.2) is 0 Å². The SMILES string of the molecule is O=C(NCCN1C(=O)CSC1=O)c1ccc(Cl)c(Cl)c1. The van der Waals surface area contributed by atoms with Gasteiger partial charge in [0.2, 0.25) is 5.91 Å². The predicted octanol–water partition coefficient (Wildman–Crippen LogP) is 2.42. The van der Waals surface area contributed by atoms with Gasteiger partial charge in [-0.1, -0.05) is 35.0 Å². The number of rotatable bonds is 4. The summed E-state index contributed by atoms with van der Waals surface area (Å²) >= 11 is 12.5. The van der Waals surface area contributed by atoms with Crippen LogP contribution in [0, 0.1) is 0 Å². The van der Waals surface area contributed by atoms with Gasteiger partial charge < -0.3 is 5.32 Å². The van der Waals surface area contributed by atoms with Crippen molar-refractivity contribution in [1.82, 2.24) is 10.2 Å².